The van der Waals surface area contributed by atoms with Gasteiger partial charge in [0.25, 0.3) is 0 Å². The highest BCUT2D eigenvalue weighted by Crippen LogP contribution is 2.25. The van der Waals surface area contributed by atoms with Crippen molar-refractivity contribution in [3.63, 3.8) is 0 Å². The normalized spacial score (nSPS) is 17.9. The maximum Gasteiger partial charge on any atom is 0.240 e. The number of nitrogens with one attached hydrogen (secondary N) is 1. The first-order valence-corrected chi connectivity index (χ1v) is 9.52. The third-order valence-corrected chi connectivity index (χ3v) is 5.67. The zero-order valence-electron chi connectivity index (χ0n) is 13.2. The van der Waals surface area contributed by atoms with E-state index in [4.69, 9.17) is 11.6 Å². The number of carbonyl (C=O) groups is 1. The van der Waals surface area contributed by atoms with Gasteiger partial charge in [-0.15, -0.1) is 0 Å². The summed E-state index contributed by atoms with van der Waals surface area (Å²) in [4.78, 5) is 13.8. The molecule has 0 radical (unpaired) electrons. The molecule has 1 atom stereocenters. The van der Waals surface area contributed by atoms with Crippen LogP contribution in [-0.2, 0) is 14.8 Å². The lowest BCUT2D eigenvalue weighted by atomic mass is 10.1. The predicted molar refractivity (Wildman–Crippen MR) is 93.5 cm³/mol. The minimum atomic E-state index is -3.69. The first kappa shape index (κ1) is 17.8. The maximum absolute atomic E-state index is 13.0. The van der Waals surface area contributed by atoms with Crippen molar-refractivity contribution in [3.05, 3.63) is 59.4 Å². The molecule has 132 valence electrons. The number of hydrogen-bond donors (Lipinski definition) is 1. The largest absolute Gasteiger partial charge is 0.312 e. The first-order chi connectivity index (χ1) is 11.8. The van der Waals surface area contributed by atoms with Crippen LogP contribution < -0.4 is 9.62 Å². The maximum atomic E-state index is 13.0. The number of anilines is 1. The molecule has 2 aromatic rings. The van der Waals surface area contributed by atoms with E-state index >= 15 is 0 Å². The van der Waals surface area contributed by atoms with Crippen LogP contribution >= 0.6 is 11.6 Å². The molecule has 1 N–H and O–H groups in total. The van der Waals surface area contributed by atoms with Crippen molar-refractivity contribution in [2.75, 3.05) is 18.0 Å². The molecule has 3 rings (SSSR count). The van der Waals surface area contributed by atoms with Gasteiger partial charge < -0.3 is 4.90 Å². The second-order valence-corrected chi connectivity index (χ2v) is 8.06. The van der Waals surface area contributed by atoms with E-state index in [9.17, 15) is 17.6 Å². The smallest absolute Gasteiger partial charge is 0.240 e. The number of sulfonamides is 1. The molecule has 1 amide bonds. The number of hydrogen-bond acceptors (Lipinski definition) is 3. The molecule has 0 unspecified atom stereocenters. The molecule has 0 bridgehead atoms. The van der Waals surface area contributed by atoms with Crippen molar-refractivity contribution in [3.8, 4) is 0 Å². The van der Waals surface area contributed by atoms with Gasteiger partial charge in [-0.05, 0) is 48.4 Å². The summed E-state index contributed by atoms with van der Waals surface area (Å²) in [5.41, 5.74) is 0.603. The van der Waals surface area contributed by atoms with Gasteiger partial charge >= 0.3 is 0 Å². The number of benzene rings is 2. The summed E-state index contributed by atoms with van der Waals surface area (Å²) >= 11 is 5.83. The molecule has 1 aliphatic rings. The van der Waals surface area contributed by atoms with Gasteiger partial charge in [0.1, 0.15) is 5.82 Å². The fourth-order valence-corrected chi connectivity index (χ4v) is 4.15. The van der Waals surface area contributed by atoms with Crippen LogP contribution in [0.1, 0.15) is 6.42 Å². The molecule has 1 fully saturated rings. The average Bonchev–Trinajstić information content (AvgIpc) is 2.95. The summed E-state index contributed by atoms with van der Waals surface area (Å²) in [5.74, 6) is -0.647. The fraction of sp³-hybridized carbons (Fsp3) is 0.235. The molecule has 2 aromatic carbocycles. The molecule has 1 heterocycles. The predicted octanol–water partition coefficient (Wildman–Crippen LogP) is 2.81. The van der Waals surface area contributed by atoms with Crippen LogP contribution in [0.15, 0.2) is 53.4 Å². The molecule has 1 aliphatic heterocycles. The third-order valence-electron chi connectivity index (χ3n) is 4.01. The second-order valence-electron chi connectivity index (χ2n) is 5.86. The van der Waals surface area contributed by atoms with Gasteiger partial charge in [0, 0.05) is 30.2 Å². The molecule has 1 saturated heterocycles. The lowest BCUT2D eigenvalue weighted by Gasteiger charge is -2.17. The lowest BCUT2D eigenvalue weighted by Crippen LogP contribution is -2.31. The van der Waals surface area contributed by atoms with E-state index in [-0.39, 0.29) is 35.5 Å². The van der Waals surface area contributed by atoms with Crippen LogP contribution in [0.4, 0.5) is 10.1 Å². The van der Waals surface area contributed by atoms with Crippen molar-refractivity contribution >= 4 is 33.2 Å². The van der Waals surface area contributed by atoms with Gasteiger partial charge in [-0.25, -0.2) is 17.5 Å². The minimum absolute atomic E-state index is 0.0831. The Labute approximate surface area is 150 Å². The molecule has 8 heteroatoms. The molecule has 25 heavy (non-hydrogen) atoms. The number of halogens is 2. The number of amides is 1. The van der Waals surface area contributed by atoms with E-state index in [1.54, 1.807) is 12.1 Å². The number of nitrogens with zero attached hydrogens (tertiary/aromatic N) is 1. The van der Waals surface area contributed by atoms with Crippen LogP contribution in [0.5, 0.6) is 0 Å². The summed E-state index contributed by atoms with van der Waals surface area (Å²) in [6, 6.07) is 11.6. The van der Waals surface area contributed by atoms with E-state index in [0.29, 0.717) is 17.3 Å². The second kappa shape index (κ2) is 7.11. The van der Waals surface area contributed by atoms with Crippen LogP contribution in [0.25, 0.3) is 0 Å². The van der Waals surface area contributed by atoms with Gasteiger partial charge in [-0.3, -0.25) is 4.79 Å². The Balaban J connectivity index is 1.65. The van der Waals surface area contributed by atoms with E-state index in [2.05, 4.69) is 4.72 Å². The molecule has 0 aromatic heterocycles. The Morgan fingerprint density at radius 2 is 1.92 bits per heavy atom. The van der Waals surface area contributed by atoms with Gasteiger partial charge in [0.2, 0.25) is 15.9 Å². The summed E-state index contributed by atoms with van der Waals surface area (Å²) in [6.07, 6.45) is 0.232. The van der Waals surface area contributed by atoms with Crippen LogP contribution in [0.3, 0.4) is 0 Å². The van der Waals surface area contributed by atoms with Crippen LogP contribution in [0, 0.1) is 11.7 Å². The molecule has 0 saturated carbocycles. The zero-order chi connectivity index (χ0) is 18.0. The van der Waals surface area contributed by atoms with Gasteiger partial charge in [0.15, 0.2) is 0 Å². The highest BCUT2D eigenvalue weighted by Gasteiger charge is 2.31. The van der Waals surface area contributed by atoms with Crippen molar-refractivity contribution in [2.24, 2.45) is 5.92 Å². The van der Waals surface area contributed by atoms with Gasteiger partial charge in [0.05, 0.1) is 4.90 Å². The monoisotopic (exact) mass is 382 g/mol. The molecular weight excluding hydrogens is 367 g/mol. The third kappa shape index (κ3) is 4.18. The van der Waals surface area contributed by atoms with Crippen LogP contribution in [0.2, 0.25) is 5.02 Å². The summed E-state index contributed by atoms with van der Waals surface area (Å²) in [7, 11) is -3.69. The highest BCUT2D eigenvalue weighted by atomic mass is 35.5. The summed E-state index contributed by atoms with van der Waals surface area (Å²) in [6.45, 7) is 0.515. The Kier molecular flexibility index (Phi) is 5.08. The number of carbonyl (C=O) groups excluding carboxylic acids is 1. The molecule has 0 spiro atoms. The Hall–Kier alpha value is -1.96. The van der Waals surface area contributed by atoms with Crippen molar-refractivity contribution < 1.29 is 17.6 Å². The minimum Gasteiger partial charge on any atom is -0.312 e. The van der Waals surface area contributed by atoms with Crippen molar-refractivity contribution in [1.29, 1.82) is 0 Å². The Bertz CT molecular complexity index is 887. The molecule has 0 aliphatic carbocycles. The van der Waals surface area contributed by atoms with E-state index in [0.717, 1.165) is 0 Å². The number of rotatable bonds is 5. The summed E-state index contributed by atoms with van der Waals surface area (Å²) < 4.78 is 40.1. The topological polar surface area (TPSA) is 66.5 Å². The fourth-order valence-electron chi connectivity index (χ4n) is 2.73. The molecular formula is C17H16ClFN2O3S. The van der Waals surface area contributed by atoms with E-state index in [1.165, 1.54) is 41.3 Å². The van der Waals surface area contributed by atoms with Crippen LogP contribution in [-0.4, -0.2) is 27.4 Å². The SMILES string of the molecule is O=C1C[C@@H](CNS(=O)(=O)c2cccc(Cl)c2)CN1c1ccc(F)cc1. The average molecular weight is 383 g/mol. The van der Waals surface area contributed by atoms with Crippen molar-refractivity contribution in [1.82, 2.24) is 4.72 Å². The Morgan fingerprint density at radius 3 is 2.60 bits per heavy atom. The van der Waals surface area contributed by atoms with Gasteiger partial charge in [-0.2, -0.15) is 0 Å². The highest BCUT2D eigenvalue weighted by molar-refractivity contribution is 7.89. The van der Waals surface area contributed by atoms with Crippen molar-refractivity contribution in [2.45, 2.75) is 11.3 Å². The van der Waals surface area contributed by atoms with Gasteiger partial charge in [-0.1, -0.05) is 17.7 Å². The Morgan fingerprint density at radius 1 is 1.20 bits per heavy atom. The first-order valence-electron chi connectivity index (χ1n) is 7.66. The summed E-state index contributed by atoms with van der Waals surface area (Å²) in [5, 5.41) is 0.335. The standard InChI is InChI=1S/C17H16ClFN2O3S/c18-13-2-1-3-16(9-13)25(23,24)20-10-12-8-17(22)21(11-12)15-6-4-14(19)5-7-15/h1-7,9,12,20H,8,10-11H2/t12-/m0/s1. The van der Waals surface area contributed by atoms with E-state index < -0.39 is 10.0 Å². The lowest BCUT2D eigenvalue weighted by molar-refractivity contribution is -0.117. The quantitative estimate of drug-likeness (QED) is 0.864. The van der Waals surface area contributed by atoms with E-state index in [1.807, 2.05) is 0 Å². The molecule has 5 nitrogen and oxygen atoms in total. The zero-order valence-corrected chi connectivity index (χ0v) is 14.7.